The molecule has 0 unspecified atom stereocenters. The molecule has 4 rings (SSSR count). The summed E-state index contributed by atoms with van der Waals surface area (Å²) in [5.41, 5.74) is 2.17. The molecule has 3 aromatic rings. The molecule has 134 valence electrons. The molecule has 1 saturated heterocycles. The molecule has 1 aliphatic heterocycles. The van der Waals surface area contributed by atoms with Gasteiger partial charge in [0.2, 0.25) is 0 Å². The number of piperazine rings is 1. The number of hydrogen-bond donors (Lipinski definition) is 1. The second-order valence-electron chi connectivity index (χ2n) is 6.44. The highest BCUT2D eigenvalue weighted by atomic mass is 35.5. The molecule has 0 aliphatic carbocycles. The van der Waals surface area contributed by atoms with Crippen LogP contribution in [-0.4, -0.2) is 42.1 Å². The van der Waals surface area contributed by atoms with Crippen molar-refractivity contribution in [1.82, 2.24) is 4.90 Å². The Morgan fingerprint density at radius 1 is 1.08 bits per heavy atom. The average Bonchev–Trinajstić information content (AvgIpc) is 3.00. The monoisotopic (exact) mass is 370 g/mol. The van der Waals surface area contributed by atoms with Crippen LogP contribution in [0.25, 0.3) is 11.0 Å². The number of furan rings is 1. The quantitative estimate of drug-likeness (QED) is 0.739. The Labute approximate surface area is 156 Å². The van der Waals surface area contributed by atoms with E-state index in [9.17, 15) is 9.90 Å². The van der Waals surface area contributed by atoms with Gasteiger partial charge in [-0.3, -0.25) is 4.79 Å². The zero-order valence-electron chi connectivity index (χ0n) is 14.4. The van der Waals surface area contributed by atoms with Gasteiger partial charge in [-0.2, -0.15) is 0 Å². The molecule has 5 nitrogen and oxygen atoms in total. The van der Waals surface area contributed by atoms with Gasteiger partial charge in [0.1, 0.15) is 5.75 Å². The first-order valence-electron chi connectivity index (χ1n) is 8.56. The highest BCUT2D eigenvalue weighted by Crippen LogP contribution is 2.32. The summed E-state index contributed by atoms with van der Waals surface area (Å²) >= 11 is 6.19. The Balaban J connectivity index is 1.53. The Morgan fingerprint density at radius 2 is 1.81 bits per heavy atom. The molecule has 1 N–H and O–H groups in total. The van der Waals surface area contributed by atoms with Crippen LogP contribution in [0, 0.1) is 6.92 Å². The molecule has 0 radical (unpaired) electrons. The van der Waals surface area contributed by atoms with Gasteiger partial charge in [-0.05, 0) is 25.1 Å². The molecule has 1 aliphatic rings. The number of anilines is 1. The van der Waals surface area contributed by atoms with Crippen molar-refractivity contribution in [2.75, 3.05) is 31.1 Å². The number of fused-ring (bicyclic) bond motifs is 1. The van der Waals surface area contributed by atoms with Crippen LogP contribution in [0.2, 0.25) is 5.02 Å². The van der Waals surface area contributed by atoms with Crippen molar-refractivity contribution >= 4 is 34.2 Å². The van der Waals surface area contributed by atoms with E-state index >= 15 is 0 Å². The van der Waals surface area contributed by atoms with Gasteiger partial charge in [0, 0.05) is 37.1 Å². The first kappa shape index (κ1) is 16.8. The van der Waals surface area contributed by atoms with Crippen LogP contribution >= 0.6 is 11.6 Å². The van der Waals surface area contributed by atoms with Crippen molar-refractivity contribution in [3.63, 3.8) is 0 Å². The van der Waals surface area contributed by atoms with Crippen LogP contribution in [0.1, 0.15) is 16.1 Å². The molecule has 0 bridgehead atoms. The van der Waals surface area contributed by atoms with Crippen LogP contribution in [0.15, 0.2) is 46.9 Å². The Kier molecular flexibility index (Phi) is 4.24. The van der Waals surface area contributed by atoms with Gasteiger partial charge in [-0.15, -0.1) is 0 Å². The molecule has 0 saturated carbocycles. The van der Waals surface area contributed by atoms with Gasteiger partial charge >= 0.3 is 0 Å². The molecule has 0 spiro atoms. The van der Waals surface area contributed by atoms with Gasteiger partial charge in [0.25, 0.3) is 5.91 Å². The third-order valence-corrected chi connectivity index (χ3v) is 5.20. The van der Waals surface area contributed by atoms with E-state index in [1.165, 1.54) is 0 Å². The van der Waals surface area contributed by atoms with E-state index in [4.69, 9.17) is 16.0 Å². The topological polar surface area (TPSA) is 56.9 Å². The van der Waals surface area contributed by atoms with Gasteiger partial charge in [-0.1, -0.05) is 35.9 Å². The standard InChI is InChI=1S/C20H19ClN2O3/c1-13-14-5-4-6-15(21)19(14)26-18(13)20(25)23-11-9-22(10-12-23)16-7-2-3-8-17(16)24/h2-8,24H,9-12H2,1H3. The van der Waals surface area contributed by atoms with E-state index in [2.05, 4.69) is 4.90 Å². The predicted octanol–water partition coefficient (Wildman–Crippen LogP) is 4.06. The number of hydrogen-bond acceptors (Lipinski definition) is 4. The molecule has 1 amide bonds. The van der Waals surface area contributed by atoms with E-state index in [1.54, 1.807) is 23.1 Å². The van der Waals surface area contributed by atoms with E-state index in [0.717, 1.165) is 16.6 Å². The third-order valence-electron chi connectivity index (χ3n) is 4.90. The minimum absolute atomic E-state index is 0.119. The van der Waals surface area contributed by atoms with E-state index in [0.29, 0.717) is 42.5 Å². The van der Waals surface area contributed by atoms with Crippen LogP contribution in [0.5, 0.6) is 5.75 Å². The number of carbonyl (C=O) groups excluding carboxylic acids is 1. The zero-order valence-corrected chi connectivity index (χ0v) is 15.2. The van der Waals surface area contributed by atoms with E-state index < -0.39 is 0 Å². The number of phenols is 1. The lowest BCUT2D eigenvalue weighted by atomic mass is 10.1. The van der Waals surface area contributed by atoms with Crippen molar-refractivity contribution in [1.29, 1.82) is 0 Å². The second-order valence-corrected chi connectivity index (χ2v) is 6.85. The number of para-hydroxylation sites is 3. The fourth-order valence-electron chi connectivity index (χ4n) is 3.44. The Morgan fingerprint density at radius 3 is 2.50 bits per heavy atom. The highest BCUT2D eigenvalue weighted by molar-refractivity contribution is 6.35. The van der Waals surface area contributed by atoms with E-state index in [1.807, 2.05) is 31.2 Å². The zero-order chi connectivity index (χ0) is 18.3. The number of nitrogens with zero attached hydrogens (tertiary/aromatic N) is 2. The minimum atomic E-state index is -0.119. The summed E-state index contributed by atoms with van der Waals surface area (Å²) in [6, 6.07) is 12.8. The number of halogens is 1. The summed E-state index contributed by atoms with van der Waals surface area (Å²) < 4.78 is 5.80. The normalized spacial score (nSPS) is 14.8. The summed E-state index contributed by atoms with van der Waals surface area (Å²) in [5.74, 6) is 0.492. The van der Waals surface area contributed by atoms with E-state index in [-0.39, 0.29) is 11.7 Å². The SMILES string of the molecule is Cc1c(C(=O)N2CCN(c3ccccc3O)CC2)oc2c(Cl)cccc12. The molecule has 6 heteroatoms. The van der Waals surface area contributed by atoms with Crippen LogP contribution < -0.4 is 4.90 Å². The van der Waals surface area contributed by atoms with Crippen molar-refractivity contribution in [2.45, 2.75) is 6.92 Å². The largest absolute Gasteiger partial charge is 0.506 e. The maximum absolute atomic E-state index is 12.9. The maximum atomic E-state index is 12.9. The molecule has 26 heavy (non-hydrogen) atoms. The number of amides is 1. The summed E-state index contributed by atoms with van der Waals surface area (Å²) in [5, 5.41) is 11.4. The van der Waals surface area contributed by atoms with Gasteiger partial charge in [0.05, 0.1) is 10.7 Å². The van der Waals surface area contributed by atoms with Gasteiger partial charge < -0.3 is 19.3 Å². The number of aryl methyl sites for hydroxylation is 1. The minimum Gasteiger partial charge on any atom is -0.506 e. The molecular weight excluding hydrogens is 352 g/mol. The van der Waals surface area contributed by atoms with Crippen molar-refractivity contribution in [3.05, 3.63) is 58.8 Å². The van der Waals surface area contributed by atoms with Crippen LogP contribution in [0.4, 0.5) is 5.69 Å². The second kappa shape index (κ2) is 6.57. The summed E-state index contributed by atoms with van der Waals surface area (Å²) in [4.78, 5) is 16.8. The lowest BCUT2D eigenvalue weighted by Crippen LogP contribution is -2.48. The van der Waals surface area contributed by atoms with Crippen LogP contribution in [-0.2, 0) is 0 Å². The smallest absolute Gasteiger partial charge is 0.290 e. The predicted molar refractivity (Wildman–Crippen MR) is 102 cm³/mol. The van der Waals surface area contributed by atoms with Crippen LogP contribution in [0.3, 0.4) is 0 Å². The summed E-state index contributed by atoms with van der Waals surface area (Å²) in [7, 11) is 0. The number of aromatic hydroxyl groups is 1. The van der Waals surface area contributed by atoms with Gasteiger partial charge in [0.15, 0.2) is 11.3 Å². The third kappa shape index (κ3) is 2.78. The number of benzene rings is 2. The molecule has 1 fully saturated rings. The fourth-order valence-corrected chi connectivity index (χ4v) is 3.65. The molecule has 2 heterocycles. The molecule has 1 aromatic heterocycles. The Bertz CT molecular complexity index is 974. The summed E-state index contributed by atoms with van der Waals surface area (Å²) in [6.45, 7) is 4.33. The Hall–Kier alpha value is -2.66. The van der Waals surface area contributed by atoms with Crippen molar-refractivity contribution < 1.29 is 14.3 Å². The van der Waals surface area contributed by atoms with Crippen molar-refractivity contribution in [2.24, 2.45) is 0 Å². The molecule has 0 atom stereocenters. The first-order valence-corrected chi connectivity index (χ1v) is 8.94. The number of carbonyl (C=O) groups is 1. The lowest BCUT2D eigenvalue weighted by Gasteiger charge is -2.36. The lowest BCUT2D eigenvalue weighted by molar-refractivity contribution is 0.0716. The van der Waals surface area contributed by atoms with Crippen molar-refractivity contribution in [3.8, 4) is 5.75 Å². The first-order chi connectivity index (χ1) is 12.6. The molecular formula is C20H19ClN2O3. The van der Waals surface area contributed by atoms with Gasteiger partial charge in [-0.25, -0.2) is 0 Å². The molecule has 2 aromatic carbocycles. The average molecular weight is 371 g/mol. The summed E-state index contributed by atoms with van der Waals surface area (Å²) in [6.07, 6.45) is 0. The maximum Gasteiger partial charge on any atom is 0.290 e. The highest BCUT2D eigenvalue weighted by Gasteiger charge is 2.27. The fraction of sp³-hybridized carbons (Fsp3) is 0.250. The number of phenolic OH excluding ortho intramolecular Hbond substituents is 1. The number of rotatable bonds is 2.